The molecule has 2 aromatic rings. The van der Waals surface area contributed by atoms with Crippen LogP contribution in [0.15, 0.2) is 64.5 Å². The van der Waals surface area contributed by atoms with Gasteiger partial charge in [0.15, 0.2) is 5.17 Å². The second-order valence-electron chi connectivity index (χ2n) is 5.97. The van der Waals surface area contributed by atoms with Gasteiger partial charge in [0.2, 0.25) is 0 Å². The van der Waals surface area contributed by atoms with Gasteiger partial charge in [-0.3, -0.25) is 14.9 Å². The highest BCUT2D eigenvalue weighted by Gasteiger charge is 2.23. The Morgan fingerprint density at radius 2 is 1.96 bits per heavy atom. The minimum Gasteiger partial charge on any atom is -0.300 e. The number of aryl methyl sites for hydroxylation is 2. The van der Waals surface area contributed by atoms with Crippen molar-refractivity contribution >= 4 is 40.3 Å². The number of para-hydroxylation sites is 1. The zero-order chi connectivity index (χ0) is 19.4. The number of hydrogen-bond donors (Lipinski definition) is 1. The molecule has 6 nitrogen and oxygen atoms in total. The van der Waals surface area contributed by atoms with Crippen LogP contribution >= 0.6 is 11.8 Å². The highest BCUT2D eigenvalue weighted by Crippen LogP contribution is 2.28. The molecule has 1 aliphatic heterocycles. The Labute approximate surface area is 160 Å². The third kappa shape index (κ3) is 4.51. The van der Waals surface area contributed by atoms with E-state index in [1.807, 2.05) is 32.0 Å². The molecule has 0 aliphatic carbocycles. The van der Waals surface area contributed by atoms with Gasteiger partial charge in [0.1, 0.15) is 0 Å². The fourth-order valence-corrected chi connectivity index (χ4v) is 3.26. The number of rotatable bonds is 4. The molecule has 0 aromatic heterocycles. The second kappa shape index (κ2) is 8.01. The first-order valence-corrected chi connectivity index (χ1v) is 9.02. The van der Waals surface area contributed by atoms with E-state index < -0.39 is 4.92 Å². The molecule has 1 amide bonds. The number of nitrogens with one attached hydrogen (secondary N) is 1. The number of carbonyl (C=O) groups is 1. The molecule has 27 heavy (non-hydrogen) atoms. The summed E-state index contributed by atoms with van der Waals surface area (Å²) >= 11 is 1.24. The number of allylic oxidation sites excluding steroid dienone is 2. The topological polar surface area (TPSA) is 84.6 Å². The summed E-state index contributed by atoms with van der Waals surface area (Å²) in [5.74, 6) is -0.240. The molecule has 1 aliphatic rings. The van der Waals surface area contributed by atoms with Gasteiger partial charge in [0.25, 0.3) is 11.6 Å². The van der Waals surface area contributed by atoms with Crippen LogP contribution in [0.2, 0.25) is 0 Å². The Kier molecular flexibility index (Phi) is 5.52. The lowest BCUT2D eigenvalue weighted by atomic mass is 10.1. The zero-order valence-electron chi connectivity index (χ0n) is 14.8. The summed E-state index contributed by atoms with van der Waals surface area (Å²) in [4.78, 5) is 27.7. The molecule has 7 heteroatoms. The Balaban J connectivity index is 1.79. The maximum absolute atomic E-state index is 12.1. The molecular formula is C20H17N3O3S. The Morgan fingerprint density at radius 3 is 2.74 bits per heavy atom. The predicted octanol–water partition coefficient (Wildman–Crippen LogP) is 4.66. The van der Waals surface area contributed by atoms with E-state index in [2.05, 4.69) is 10.3 Å². The molecule has 136 valence electrons. The van der Waals surface area contributed by atoms with Crippen molar-refractivity contribution in [3.63, 3.8) is 0 Å². The molecule has 1 fully saturated rings. The summed E-state index contributed by atoms with van der Waals surface area (Å²) in [5.41, 5.74) is 3.43. The Bertz CT molecular complexity index is 1010. The number of carbonyl (C=O) groups excluding carboxylic acids is 1. The first kappa shape index (κ1) is 18.6. The average molecular weight is 379 g/mol. The fraction of sp³-hybridized carbons (Fsp3) is 0.100. The van der Waals surface area contributed by atoms with Gasteiger partial charge in [-0.2, -0.15) is 0 Å². The maximum Gasteiger partial charge on any atom is 0.276 e. The number of amidine groups is 1. The van der Waals surface area contributed by atoms with Crippen molar-refractivity contribution in [2.75, 3.05) is 0 Å². The zero-order valence-corrected chi connectivity index (χ0v) is 15.6. The lowest BCUT2D eigenvalue weighted by Gasteiger charge is -2.02. The number of amides is 1. The molecule has 0 radical (unpaired) electrons. The number of aliphatic imine (C=N–C) groups is 1. The highest BCUT2D eigenvalue weighted by molar-refractivity contribution is 8.18. The number of nitro benzene ring substituents is 1. The van der Waals surface area contributed by atoms with Gasteiger partial charge >= 0.3 is 0 Å². The van der Waals surface area contributed by atoms with Crippen LogP contribution in [0.5, 0.6) is 0 Å². The van der Waals surface area contributed by atoms with Crippen LogP contribution in [0.4, 0.5) is 11.4 Å². The first-order chi connectivity index (χ1) is 12.9. The second-order valence-corrected chi connectivity index (χ2v) is 7.00. The van der Waals surface area contributed by atoms with E-state index >= 15 is 0 Å². The van der Waals surface area contributed by atoms with Gasteiger partial charge in [-0.05, 0) is 61.0 Å². The highest BCUT2D eigenvalue weighted by atomic mass is 32.2. The molecule has 1 saturated heterocycles. The molecule has 3 rings (SSSR count). The van der Waals surface area contributed by atoms with Crippen LogP contribution in [0.1, 0.15) is 16.7 Å². The smallest absolute Gasteiger partial charge is 0.276 e. The molecule has 1 heterocycles. The summed E-state index contributed by atoms with van der Waals surface area (Å²) < 4.78 is 0. The molecular weight excluding hydrogens is 362 g/mol. The van der Waals surface area contributed by atoms with Crippen LogP contribution in [-0.4, -0.2) is 16.0 Å². The number of benzene rings is 2. The molecule has 2 aromatic carbocycles. The standard InChI is InChI=1S/C20H17N3O3S/c1-13-10-11-14(2)16(12-13)21-20-22-19(24)18(27-20)9-5-7-15-6-3-4-8-17(15)23(25)26/h3-12H,1-2H3,(H,21,22,24)/b7-5+,18-9-. The van der Waals surface area contributed by atoms with Crippen molar-refractivity contribution in [1.29, 1.82) is 0 Å². The summed E-state index contributed by atoms with van der Waals surface area (Å²) in [6, 6.07) is 12.4. The molecule has 1 N–H and O–H groups in total. The minimum atomic E-state index is -0.432. The van der Waals surface area contributed by atoms with Crippen LogP contribution in [-0.2, 0) is 4.79 Å². The number of thioether (sulfide) groups is 1. The lowest BCUT2D eigenvalue weighted by molar-refractivity contribution is -0.385. The van der Waals surface area contributed by atoms with Crippen LogP contribution in [0, 0.1) is 24.0 Å². The van der Waals surface area contributed by atoms with Gasteiger partial charge in [-0.1, -0.05) is 30.3 Å². The third-order valence-corrected chi connectivity index (χ3v) is 4.82. The fourth-order valence-electron chi connectivity index (χ4n) is 2.48. The van der Waals surface area contributed by atoms with Crippen molar-refractivity contribution in [3.05, 3.63) is 86.3 Å². The Hall–Kier alpha value is -3.19. The van der Waals surface area contributed by atoms with E-state index in [-0.39, 0.29) is 11.6 Å². The number of nitrogens with zero attached hydrogens (tertiary/aromatic N) is 2. The maximum atomic E-state index is 12.1. The van der Waals surface area contributed by atoms with E-state index in [1.165, 1.54) is 17.8 Å². The quantitative estimate of drug-likeness (QED) is 0.476. The van der Waals surface area contributed by atoms with Crippen molar-refractivity contribution in [2.45, 2.75) is 13.8 Å². The molecule has 0 atom stereocenters. The van der Waals surface area contributed by atoms with Crippen LogP contribution < -0.4 is 5.32 Å². The van der Waals surface area contributed by atoms with Gasteiger partial charge in [0, 0.05) is 6.07 Å². The van der Waals surface area contributed by atoms with E-state index in [4.69, 9.17) is 0 Å². The molecule has 0 saturated carbocycles. The van der Waals surface area contributed by atoms with Crippen LogP contribution in [0.25, 0.3) is 6.08 Å². The SMILES string of the molecule is Cc1ccc(C)c(N=C2NC(=O)/C(=C/C=C/c3ccccc3[N+](=O)[O-])S2)c1. The van der Waals surface area contributed by atoms with Crippen molar-refractivity contribution in [2.24, 2.45) is 4.99 Å². The number of hydrogen-bond acceptors (Lipinski definition) is 5. The van der Waals surface area contributed by atoms with Crippen LogP contribution in [0.3, 0.4) is 0 Å². The van der Waals surface area contributed by atoms with Gasteiger partial charge < -0.3 is 5.32 Å². The minimum absolute atomic E-state index is 0.0212. The summed E-state index contributed by atoms with van der Waals surface area (Å²) in [6.45, 7) is 3.95. The number of nitro groups is 1. The van der Waals surface area contributed by atoms with E-state index in [9.17, 15) is 14.9 Å². The Morgan fingerprint density at radius 1 is 1.19 bits per heavy atom. The largest absolute Gasteiger partial charge is 0.300 e. The van der Waals surface area contributed by atoms with Crippen molar-refractivity contribution in [3.8, 4) is 0 Å². The molecule has 0 unspecified atom stereocenters. The van der Waals surface area contributed by atoms with E-state index in [0.717, 1.165) is 16.8 Å². The summed E-state index contributed by atoms with van der Waals surface area (Å²) in [6.07, 6.45) is 4.87. The lowest BCUT2D eigenvalue weighted by Crippen LogP contribution is -2.19. The average Bonchev–Trinajstić information content (AvgIpc) is 2.98. The van der Waals surface area contributed by atoms with E-state index in [0.29, 0.717) is 15.6 Å². The van der Waals surface area contributed by atoms with Gasteiger partial charge in [-0.25, -0.2) is 4.99 Å². The van der Waals surface area contributed by atoms with Gasteiger partial charge in [0.05, 0.1) is 21.1 Å². The monoisotopic (exact) mass is 379 g/mol. The third-order valence-electron chi connectivity index (χ3n) is 3.89. The molecule has 0 bridgehead atoms. The van der Waals surface area contributed by atoms with Crippen molar-refractivity contribution < 1.29 is 9.72 Å². The van der Waals surface area contributed by atoms with Crippen molar-refractivity contribution in [1.82, 2.24) is 5.32 Å². The van der Waals surface area contributed by atoms with Gasteiger partial charge in [-0.15, -0.1) is 0 Å². The summed E-state index contributed by atoms with van der Waals surface area (Å²) in [5, 5.41) is 14.3. The van der Waals surface area contributed by atoms with E-state index in [1.54, 1.807) is 36.4 Å². The predicted molar refractivity (Wildman–Crippen MR) is 109 cm³/mol. The normalized spacial score (nSPS) is 17.0. The first-order valence-electron chi connectivity index (χ1n) is 8.21. The molecule has 0 spiro atoms. The summed E-state index contributed by atoms with van der Waals surface area (Å²) in [7, 11) is 0.